The Morgan fingerprint density at radius 3 is 2.81 bits per heavy atom. The molecule has 0 saturated carbocycles. The zero-order valence-electron chi connectivity index (χ0n) is 14.6. The van der Waals surface area contributed by atoms with Gasteiger partial charge in [0, 0.05) is 19.3 Å². The highest BCUT2D eigenvalue weighted by Crippen LogP contribution is 2.19. The molecule has 1 fully saturated rings. The van der Waals surface area contributed by atoms with E-state index in [1.165, 1.54) is 0 Å². The van der Waals surface area contributed by atoms with Gasteiger partial charge >= 0.3 is 0 Å². The van der Waals surface area contributed by atoms with Crippen molar-refractivity contribution >= 4 is 17.5 Å². The molecular formula is C20H23N3O3. The fourth-order valence-corrected chi connectivity index (χ4v) is 3.03. The SMILES string of the molecule is O=C(Nc1cccnc1)[C@H]1CCCN(C(=O)CCOc2ccccc2)C1. The predicted molar refractivity (Wildman–Crippen MR) is 98.7 cm³/mol. The molecule has 6 nitrogen and oxygen atoms in total. The lowest BCUT2D eigenvalue weighted by molar-refractivity contribution is -0.135. The van der Waals surface area contributed by atoms with Gasteiger partial charge in [0.2, 0.25) is 11.8 Å². The van der Waals surface area contributed by atoms with Gasteiger partial charge in [-0.1, -0.05) is 18.2 Å². The Morgan fingerprint density at radius 1 is 1.19 bits per heavy atom. The van der Waals surface area contributed by atoms with Crippen LogP contribution in [0.25, 0.3) is 0 Å². The summed E-state index contributed by atoms with van der Waals surface area (Å²) < 4.78 is 5.59. The summed E-state index contributed by atoms with van der Waals surface area (Å²) in [6, 6.07) is 13.0. The minimum absolute atomic E-state index is 0.0276. The minimum atomic E-state index is -0.192. The Kier molecular flexibility index (Phi) is 6.19. The van der Waals surface area contributed by atoms with Crippen molar-refractivity contribution < 1.29 is 14.3 Å². The number of carbonyl (C=O) groups is 2. The Bertz CT molecular complexity index is 722. The highest BCUT2D eigenvalue weighted by molar-refractivity contribution is 5.93. The number of para-hydroxylation sites is 1. The first kappa shape index (κ1) is 17.9. The number of pyridine rings is 1. The summed E-state index contributed by atoms with van der Waals surface area (Å²) in [5, 5.41) is 2.87. The summed E-state index contributed by atoms with van der Waals surface area (Å²) in [6.45, 7) is 1.49. The number of anilines is 1. The van der Waals surface area contributed by atoms with Crippen LogP contribution in [0, 0.1) is 5.92 Å². The molecule has 2 heterocycles. The van der Waals surface area contributed by atoms with Crippen LogP contribution in [0.1, 0.15) is 19.3 Å². The van der Waals surface area contributed by atoms with Crippen LogP contribution < -0.4 is 10.1 Å². The summed E-state index contributed by atoms with van der Waals surface area (Å²) in [6.07, 6.45) is 5.21. The third-order valence-electron chi connectivity index (χ3n) is 4.40. The average Bonchev–Trinajstić information content (AvgIpc) is 2.69. The number of piperidine rings is 1. The molecule has 0 bridgehead atoms. The molecule has 26 heavy (non-hydrogen) atoms. The first-order valence-electron chi connectivity index (χ1n) is 8.89. The van der Waals surface area contributed by atoms with E-state index in [-0.39, 0.29) is 17.7 Å². The van der Waals surface area contributed by atoms with Crippen LogP contribution >= 0.6 is 0 Å². The molecule has 0 spiro atoms. The number of ether oxygens (including phenoxy) is 1. The van der Waals surface area contributed by atoms with Gasteiger partial charge in [-0.3, -0.25) is 14.6 Å². The van der Waals surface area contributed by atoms with Gasteiger partial charge in [0.15, 0.2) is 0 Å². The number of likely N-dealkylation sites (tertiary alicyclic amines) is 1. The molecule has 0 aliphatic carbocycles. The molecule has 136 valence electrons. The zero-order chi connectivity index (χ0) is 18.2. The van der Waals surface area contributed by atoms with Crippen molar-refractivity contribution in [2.75, 3.05) is 25.0 Å². The van der Waals surface area contributed by atoms with Gasteiger partial charge in [-0.15, -0.1) is 0 Å². The number of aromatic nitrogens is 1. The number of hydrogen-bond acceptors (Lipinski definition) is 4. The van der Waals surface area contributed by atoms with Gasteiger partial charge in [0.25, 0.3) is 0 Å². The number of amides is 2. The summed E-state index contributed by atoms with van der Waals surface area (Å²) in [5.74, 6) is 0.534. The monoisotopic (exact) mass is 353 g/mol. The first-order valence-corrected chi connectivity index (χ1v) is 8.89. The Hall–Kier alpha value is -2.89. The van der Waals surface area contributed by atoms with E-state index in [0.29, 0.717) is 31.8 Å². The second-order valence-electron chi connectivity index (χ2n) is 6.32. The number of rotatable bonds is 6. The highest BCUT2D eigenvalue weighted by atomic mass is 16.5. The van der Waals surface area contributed by atoms with E-state index in [9.17, 15) is 9.59 Å². The minimum Gasteiger partial charge on any atom is -0.493 e. The van der Waals surface area contributed by atoms with Gasteiger partial charge in [0.1, 0.15) is 5.75 Å². The molecule has 1 aliphatic heterocycles. The van der Waals surface area contributed by atoms with Crippen LogP contribution in [0.5, 0.6) is 5.75 Å². The molecule has 1 aromatic carbocycles. The van der Waals surface area contributed by atoms with Crippen molar-refractivity contribution in [2.24, 2.45) is 5.92 Å². The van der Waals surface area contributed by atoms with Crippen molar-refractivity contribution in [2.45, 2.75) is 19.3 Å². The van der Waals surface area contributed by atoms with E-state index < -0.39 is 0 Å². The molecule has 2 amide bonds. The van der Waals surface area contributed by atoms with E-state index in [1.54, 1.807) is 29.4 Å². The van der Waals surface area contributed by atoms with Gasteiger partial charge < -0.3 is 15.0 Å². The first-order chi connectivity index (χ1) is 12.7. The third kappa shape index (κ3) is 5.05. The maximum atomic E-state index is 12.4. The molecule has 1 atom stereocenters. The van der Waals surface area contributed by atoms with Crippen LogP contribution in [0.2, 0.25) is 0 Å². The van der Waals surface area contributed by atoms with Crippen LogP contribution in [-0.4, -0.2) is 41.4 Å². The van der Waals surface area contributed by atoms with Gasteiger partial charge in [-0.25, -0.2) is 0 Å². The van der Waals surface area contributed by atoms with Crippen molar-refractivity contribution in [3.05, 3.63) is 54.9 Å². The molecule has 1 aromatic heterocycles. The lowest BCUT2D eigenvalue weighted by Crippen LogP contribution is -2.44. The van der Waals surface area contributed by atoms with E-state index in [1.807, 2.05) is 30.3 Å². The topological polar surface area (TPSA) is 71.5 Å². The molecular weight excluding hydrogens is 330 g/mol. The van der Waals surface area contributed by atoms with Crippen molar-refractivity contribution in [3.63, 3.8) is 0 Å². The summed E-state index contributed by atoms with van der Waals surface area (Å²) in [7, 11) is 0. The lowest BCUT2D eigenvalue weighted by atomic mass is 9.97. The van der Waals surface area contributed by atoms with Gasteiger partial charge in [-0.2, -0.15) is 0 Å². The number of benzene rings is 1. The molecule has 1 N–H and O–H groups in total. The van der Waals surface area contributed by atoms with Crippen LogP contribution in [0.3, 0.4) is 0 Å². The third-order valence-corrected chi connectivity index (χ3v) is 4.40. The lowest BCUT2D eigenvalue weighted by Gasteiger charge is -2.32. The summed E-state index contributed by atoms with van der Waals surface area (Å²) in [4.78, 5) is 30.6. The Morgan fingerprint density at radius 2 is 2.04 bits per heavy atom. The zero-order valence-corrected chi connectivity index (χ0v) is 14.6. The normalized spacial score (nSPS) is 16.8. The van der Waals surface area contributed by atoms with E-state index in [0.717, 1.165) is 18.6 Å². The van der Waals surface area contributed by atoms with Crippen LogP contribution in [0.4, 0.5) is 5.69 Å². The molecule has 3 rings (SSSR count). The fourth-order valence-electron chi connectivity index (χ4n) is 3.03. The number of nitrogens with one attached hydrogen (secondary N) is 1. The maximum Gasteiger partial charge on any atom is 0.229 e. The van der Waals surface area contributed by atoms with E-state index in [2.05, 4.69) is 10.3 Å². The number of hydrogen-bond donors (Lipinski definition) is 1. The molecule has 6 heteroatoms. The molecule has 2 aromatic rings. The average molecular weight is 353 g/mol. The molecule has 1 saturated heterocycles. The maximum absolute atomic E-state index is 12.4. The second kappa shape index (κ2) is 8.99. The Labute approximate surface area is 153 Å². The standard InChI is InChI=1S/C20H23N3O3/c24-19(10-13-26-18-8-2-1-3-9-18)23-12-5-6-16(15-23)20(25)22-17-7-4-11-21-14-17/h1-4,7-9,11,14,16H,5-6,10,12-13,15H2,(H,22,25)/t16-/m0/s1. The number of carbonyl (C=O) groups excluding carboxylic acids is 2. The van der Waals surface area contributed by atoms with E-state index in [4.69, 9.17) is 4.74 Å². The van der Waals surface area contributed by atoms with Gasteiger partial charge in [0.05, 0.1) is 30.8 Å². The molecule has 1 aliphatic rings. The highest BCUT2D eigenvalue weighted by Gasteiger charge is 2.28. The van der Waals surface area contributed by atoms with Gasteiger partial charge in [-0.05, 0) is 37.1 Å². The Balaban J connectivity index is 1.46. The van der Waals surface area contributed by atoms with Crippen molar-refractivity contribution in [3.8, 4) is 5.75 Å². The molecule has 0 radical (unpaired) electrons. The largest absolute Gasteiger partial charge is 0.493 e. The van der Waals surface area contributed by atoms with Crippen molar-refractivity contribution in [1.82, 2.24) is 9.88 Å². The quantitative estimate of drug-likeness (QED) is 0.867. The predicted octanol–water partition coefficient (Wildman–Crippen LogP) is 2.73. The molecule has 0 unspecified atom stereocenters. The summed E-state index contributed by atoms with van der Waals surface area (Å²) in [5.41, 5.74) is 0.678. The van der Waals surface area contributed by atoms with Crippen LogP contribution in [-0.2, 0) is 9.59 Å². The smallest absolute Gasteiger partial charge is 0.229 e. The van der Waals surface area contributed by atoms with Crippen LogP contribution in [0.15, 0.2) is 54.9 Å². The van der Waals surface area contributed by atoms with E-state index >= 15 is 0 Å². The number of nitrogens with zero attached hydrogens (tertiary/aromatic N) is 2. The summed E-state index contributed by atoms with van der Waals surface area (Å²) >= 11 is 0. The fraction of sp³-hybridized carbons (Fsp3) is 0.350. The van der Waals surface area contributed by atoms with Crippen molar-refractivity contribution in [1.29, 1.82) is 0 Å². The second-order valence-corrected chi connectivity index (χ2v) is 6.32.